The third-order valence-electron chi connectivity index (χ3n) is 21.3. The Kier molecular flexibility index (Phi) is 46.8. The number of carbonyl (C=O) groups excluding carboxylic acids is 5. The number of unbranched alkanes of at least 4 members (excludes halogenated alkanes) is 1. The molecule has 5 saturated heterocycles. The number of carbonyl (C=O) groups is 5. The molecule has 0 unspecified atom stereocenters. The minimum absolute atomic E-state index is 0. The van der Waals surface area contributed by atoms with Gasteiger partial charge in [-0.15, -0.1) is 77.0 Å². The normalized spacial score (nSPS) is 17.2. The maximum atomic E-state index is 13.5. The number of halogens is 3. The van der Waals surface area contributed by atoms with Crippen molar-refractivity contribution in [3.8, 4) is 0 Å². The minimum Gasteiger partial charge on any atom is -0.381 e. The van der Waals surface area contributed by atoms with E-state index in [1.54, 1.807) is 72.0 Å². The zero-order chi connectivity index (χ0) is 89.4. The van der Waals surface area contributed by atoms with E-state index in [2.05, 4.69) is 57.6 Å². The van der Waals surface area contributed by atoms with Gasteiger partial charge >= 0.3 is 0 Å². The summed E-state index contributed by atoms with van der Waals surface area (Å²) in [5, 5.41) is 47.0. The highest BCUT2D eigenvalue weighted by molar-refractivity contribution is 7.99. The van der Waals surface area contributed by atoms with E-state index in [-0.39, 0.29) is 153 Å². The van der Waals surface area contributed by atoms with Gasteiger partial charge in [-0.3, -0.25) is 54.4 Å². The smallest absolute Gasteiger partial charge is 0.265 e. The molecule has 46 heteroatoms. The van der Waals surface area contributed by atoms with E-state index < -0.39 is 108 Å². The van der Waals surface area contributed by atoms with Crippen LogP contribution >= 0.6 is 97.1 Å². The van der Waals surface area contributed by atoms with E-state index in [4.69, 9.17) is 29.8 Å². The van der Waals surface area contributed by atoms with Gasteiger partial charge in [-0.1, -0.05) is 25.5 Å². The summed E-state index contributed by atoms with van der Waals surface area (Å²) in [6.45, 7) is 9.10. The first-order chi connectivity index (χ1) is 57.2. The van der Waals surface area contributed by atoms with Crippen molar-refractivity contribution in [2.45, 2.75) is 172 Å². The van der Waals surface area contributed by atoms with Gasteiger partial charge in [-0.05, 0) is 236 Å². The third kappa shape index (κ3) is 25.5. The average Bonchev–Trinajstić information content (AvgIpc) is 0.797. The largest absolute Gasteiger partial charge is 0.381 e. The van der Waals surface area contributed by atoms with Crippen LogP contribution in [0.5, 0.6) is 0 Å². The Morgan fingerprint density at radius 1 is 0.418 bits per heavy atom. The van der Waals surface area contributed by atoms with Crippen LogP contribution in [0.4, 0.5) is 4.39 Å². The molecule has 5 aromatic carbocycles. The van der Waals surface area contributed by atoms with E-state index in [0.29, 0.717) is 32.7 Å². The van der Waals surface area contributed by atoms with E-state index >= 15 is 0 Å². The number of amides is 5. The molecule has 6 heterocycles. The monoisotopic (exact) mass is 1960 g/mol. The number of piperidine rings is 2. The number of benzene rings is 5. The average molecular weight is 1960 g/mol. The predicted molar refractivity (Wildman–Crippen MR) is 478 cm³/mol. The predicted octanol–water partition coefficient (Wildman–Crippen LogP) is 8.96. The number of hydrogen-bond donors (Lipinski definition) is 11. The zero-order valence-corrected chi connectivity index (χ0v) is 79.7. The van der Waals surface area contributed by atoms with Gasteiger partial charge in [0.25, 0.3) is 23.6 Å². The Bertz CT molecular complexity index is 4760. The molecule has 0 aliphatic carbocycles. The molecule has 122 heavy (non-hydrogen) atoms. The lowest BCUT2D eigenvalue weighted by atomic mass is 9.94. The van der Waals surface area contributed by atoms with Crippen molar-refractivity contribution in [2.75, 3.05) is 117 Å². The second-order valence-electron chi connectivity index (χ2n) is 27.4. The van der Waals surface area contributed by atoms with Crippen molar-refractivity contribution in [1.82, 2.24) is 52.0 Å². The Hall–Kier alpha value is -5.41. The van der Waals surface area contributed by atoms with Crippen LogP contribution in [0.2, 0.25) is 0 Å². The molecule has 6 aromatic rings. The van der Waals surface area contributed by atoms with Gasteiger partial charge in [0.15, 0.2) is 72.9 Å². The number of hydroxylamine groups is 4. The van der Waals surface area contributed by atoms with Crippen LogP contribution in [0.1, 0.15) is 96.6 Å². The maximum Gasteiger partial charge on any atom is 0.265 e. The highest BCUT2D eigenvalue weighted by atomic mass is 35.5. The first kappa shape index (κ1) is 111. The van der Waals surface area contributed by atoms with Crippen molar-refractivity contribution in [1.29, 1.82) is 0 Å². The summed E-state index contributed by atoms with van der Waals surface area (Å²) in [4.78, 5) is 69.3. The van der Waals surface area contributed by atoms with Crippen LogP contribution < -0.4 is 27.2 Å². The molecule has 11 rings (SSSR count). The van der Waals surface area contributed by atoms with Crippen LogP contribution in [-0.4, -0.2) is 258 Å². The number of likely N-dealkylation sites (tertiary alicyclic amines) is 2. The Balaban J connectivity index is 0.000000392. The van der Waals surface area contributed by atoms with E-state index in [1.165, 1.54) is 126 Å². The fraction of sp³-hybridized carbons (Fsp3) is 0.513. The summed E-state index contributed by atoms with van der Waals surface area (Å²) in [6, 6.07) is 30.3. The summed E-state index contributed by atoms with van der Waals surface area (Å²) in [7, 11) is -18.3. The van der Waals surface area contributed by atoms with Crippen LogP contribution in [0.3, 0.4) is 0 Å². The lowest BCUT2D eigenvalue weighted by Gasteiger charge is -2.39. The molecule has 5 fully saturated rings. The SMILES string of the molecule is CCCCn1cc(CN2CCC(C(=O)NO)(S(=O)(=O)c3ccc(SC)cc3)CC2)nn1.CCN1CCC(C(=O)NO)(S(=O)(=O)c2ccc(SC)cc2)CC1.CNC(=O)C1(S(=O)(=O)c2ccc(F)cc2)CCOCC1.CS.CS.CSc1ccc(S(=O)(=O)C2(C(=O)NO)CCOCC2)cc1.CSc1ccc(S(=O)(=O)C2(C(=O)NO)CCOCC2)cc1.Cl.Cl. The standard InChI is InChI=1S/C20H29N5O4S2.C15H22N2O4S2.C13H16FNO4S.2C13H17NO5S2.2CH4S.2ClH/c1-3-4-11-25-15-16(21-23-25)14-24-12-9-20(10-13-24,19(26)22-27)31(28,29)18-7-5-17(30-2)6-8-18;1-3-17-10-8-15(9-11-17,14(18)16-19)23(20,21)13-6-4-12(22-2)5-7-13;1-15-12(16)13(6-8-19-9-7-13)20(17,18)11-4-2-10(14)3-5-11;2*1-20-10-2-4-11(5-3-10)21(17,18)13(12(15)14-16)6-8-19-9-7-13;2*1-2;;/h5-8,15,27H,3-4,9-14H2,1-2H3,(H,22,26);4-7,19H,3,8-11H2,1-2H3,(H,16,18);2-5H,6-9H2,1H3,(H,15,16);2*2-5,16H,6-9H2,1H3,(H,14,15);2*2H,1H3;2*1H. The second-order valence-corrected chi connectivity index (χ2v) is 42.2. The number of ether oxygens (including phenoxy) is 3. The number of aromatic nitrogens is 3. The highest BCUT2D eigenvalue weighted by Crippen LogP contribution is 2.42. The number of nitrogens with zero attached hydrogens (tertiary/aromatic N) is 5. The number of nitrogens with one attached hydrogen (secondary N) is 5. The lowest BCUT2D eigenvalue weighted by molar-refractivity contribution is -0.135. The van der Waals surface area contributed by atoms with Gasteiger partial charge in [0.1, 0.15) is 5.82 Å². The number of thioether (sulfide) groups is 4. The summed E-state index contributed by atoms with van der Waals surface area (Å²) in [6.07, 6.45) is 15.7. The van der Waals surface area contributed by atoms with Crippen molar-refractivity contribution in [3.05, 3.63) is 139 Å². The molecular weight excluding hydrogens is 1850 g/mol. The van der Waals surface area contributed by atoms with E-state index in [9.17, 15) is 75.7 Å². The lowest BCUT2D eigenvalue weighted by Crippen LogP contribution is -2.57. The van der Waals surface area contributed by atoms with Crippen molar-refractivity contribution < 1.29 is 105 Å². The van der Waals surface area contributed by atoms with Gasteiger partial charge in [0, 0.05) is 112 Å². The van der Waals surface area contributed by atoms with Crippen LogP contribution in [0.15, 0.2) is 172 Å². The third-order valence-corrected chi connectivity index (χ3v) is 36.8. The van der Waals surface area contributed by atoms with E-state index in [1.807, 2.05) is 42.8 Å². The van der Waals surface area contributed by atoms with Gasteiger partial charge < -0.3 is 24.4 Å². The summed E-state index contributed by atoms with van der Waals surface area (Å²) in [5.74, 6) is -4.61. The molecule has 5 aliphatic heterocycles. The minimum atomic E-state index is -4.00. The van der Waals surface area contributed by atoms with Gasteiger partial charge in [0.05, 0.1) is 30.2 Å². The van der Waals surface area contributed by atoms with E-state index in [0.717, 1.165) is 63.3 Å². The first-order valence-corrected chi connectivity index (χ1v) is 51.8. The fourth-order valence-corrected chi connectivity index (χ4v) is 25.4. The van der Waals surface area contributed by atoms with Gasteiger partial charge in [-0.2, -0.15) is 25.3 Å². The molecule has 0 atom stereocenters. The van der Waals surface area contributed by atoms with Crippen LogP contribution in [0, 0.1) is 5.82 Å². The molecule has 0 bridgehead atoms. The highest BCUT2D eigenvalue weighted by Gasteiger charge is 2.57. The quantitative estimate of drug-likeness (QED) is 0.00837. The number of aryl methyl sites for hydroxylation is 1. The van der Waals surface area contributed by atoms with Gasteiger partial charge in [0.2, 0.25) is 5.91 Å². The molecule has 9 N–H and O–H groups in total. The Morgan fingerprint density at radius 2 is 0.664 bits per heavy atom. The number of thiol groups is 2. The van der Waals surface area contributed by atoms with Crippen LogP contribution in [-0.2, 0) is 100 Å². The summed E-state index contributed by atoms with van der Waals surface area (Å²) in [5.41, 5.74) is 6.96. The molecule has 1 aromatic heterocycles. The molecule has 5 amide bonds. The molecule has 5 aliphatic rings. The molecule has 0 saturated carbocycles. The molecule has 684 valence electrons. The van der Waals surface area contributed by atoms with Crippen molar-refractivity contribution in [3.63, 3.8) is 0 Å². The number of hydrogen-bond acceptors (Lipinski definition) is 32. The Morgan fingerprint density at radius 3 is 0.902 bits per heavy atom. The summed E-state index contributed by atoms with van der Waals surface area (Å²) >= 11 is 13.1. The van der Waals surface area contributed by atoms with Crippen molar-refractivity contribution in [2.24, 2.45) is 0 Å². The summed E-state index contributed by atoms with van der Waals surface area (Å²) < 4.78 is 152. The second kappa shape index (κ2) is 51.6. The molecule has 0 spiro atoms. The maximum absolute atomic E-state index is 13.5. The van der Waals surface area contributed by atoms with Crippen LogP contribution in [0.25, 0.3) is 0 Å². The topological polar surface area (TPSA) is 462 Å². The number of sulfone groups is 5. The first-order valence-electron chi connectivity index (χ1n) is 37.7. The molecular formula is C76H111Cl2FN10O22S11. The fourth-order valence-electron chi connectivity index (χ4n) is 14.0. The Labute approximate surface area is 754 Å². The zero-order valence-electron chi connectivity index (χ0n) is 68.9. The molecule has 32 nitrogen and oxygen atoms in total. The molecule has 0 radical (unpaired) electrons. The number of rotatable bonds is 25. The van der Waals surface area contributed by atoms with Crippen molar-refractivity contribution >= 4 is 176 Å². The van der Waals surface area contributed by atoms with Gasteiger partial charge in [-0.25, -0.2) is 68.4 Å².